The number of aromatic nitrogens is 3. The van der Waals surface area contributed by atoms with Gasteiger partial charge in [0.25, 0.3) is 0 Å². The first kappa shape index (κ1) is 13.5. The van der Waals surface area contributed by atoms with Gasteiger partial charge in [0, 0.05) is 29.1 Å². The Morgan fingerprint density at radius 2 is 1.94 bits per heavy atom. The zero-order valence-corrected chi connectivity index (χ0v) is 12.3. The lowest BCUT2D eigenvalue weighted by Gasteiger charge is -2.04. The first-order valence-corrected chi connectivity index (χ1v) is 7.10. The number of nitrogens with zero attached hydrogens (tertiary/aromatic N) is 3. The molecule has 1 unspecified atom stereocenters. The van der Waals surface area contributed by atoms with Crippen LogP contribution >= 0.6 is 27.7 Å². The number of pyridine rings is 1. The van der Waals surface area contributed by atoms with E-state index in [0.717, 1.165) is 21.5 Å². The lowest BCUT2D eigenvalue weighted by atomic mass is 10.1. The molecule has 2 rings (SSSR count). The summed E-state index contributed by atoms with van der Waals surface area (Å²) in [6.45, 7) is 1.97. The highest BCUT2D eigenvalue weighted by Crippen LogP contribution is 2.23. The number of halogens is 1. The van der Waals surface area contributed by atoms with E-state index in [1.807, 2.05) is 31.5 Å². The fourth-order valence-electron chi connectivity index (χ4n) is 1.39. The van der Waals surface area contributed by atoms with Crippen LogP contribution in [0.2, 0.25) is 0 Å². The van der Waals surface area contributed by atoms with Gasteiger partial charge in [-0.05, 0) is 58.7 Å². The summed E-state index contributed by atoms with van der Waals surface area (Å²) in [4.78, 5) is 12.8. The largest absolute Gasteiger partial charge is 0.328 e. The van der Waals surface area contributed by atoms with E-state index in [4.69, 9.17) is 5.73 Å². The van der Waals surface area contributed by atoms with E-state index < -0.39 is 0 Å². The molecule has 2 N–H and O–H groups in total. The second-order valence-electron chi connectivity index (χ2n) is 3.97. The van der Waals surface area contributed by atoms with Crippen LogP contribution in [-0.2, 0) is 6.42 Å². The first-order chi connectivity index (χ1) is 8.63. The third-order valence-electron chi connectivity index (χ3n) is 2.14. The van der Waals surface area contributed by atoms with Crippen molar-refractivity contribution in [1.82, 2.24) is 15.0 Å². The molecule has 6 heteroatoms. The predicted octanol–water partition coefficient (Wildman–Crippen LogP) is 2.68. The van der Waals surface area contributed by atoms with Gasteiger partial charge in [-0.15, -0.1) is 0 Å². The Hall–Kier alpha value is -0.980. The minimum absolute atomic E-state index is 0.125. The molecule has 4 nitrogen and oxygen atoms in total. The van der Waals surface area contributed by atoms with E-state index in [1.165, 1.54) is 11.8 Å². The highest BCUT2D eigenvalue weighted by molar-refractivity contribution is 9.10. The van der Waals surface area contributed by atoms with Gasteiger partial charge in [-0.2, -0.15) is 0 Å². The Morgan fingerprint density at radius 1 is 1.22 bits per heavy atom. The molecular formula is C12H13BrN4S. The fraction of sp³-hybridized carbons (Fsp3) is 0.250. The maximum atomic E-state index is 5.72. The van der Waals surface area contributed by atoms with Crippen molar-refractivity contribution in [3.8, 4) is 0 Å². The molecular weight excluding hydrogens is 312 g/mol. The number of hydrogen-bond acceptors (Lipinski definition) is 5. The van der Waals surface area contributed by atoms with Gasteiger partial charge in [0.05, 0.1) is 0 Å². The van der Waals surface area contributed by atoms with Crippen molar-refractivity contribution < 1.29 is 0 Å². The molecule has 2 aromatic rings. The highest BCUT2D eigenvalue weighted by Gasteiger charge is 2.03. The zero-order valence-electron chi connectivity index (χ0n) is 9.88. The molecule has 0 radical (unpaired) electrons. The van der Waals surface area contributed by atoms with Crippen LogP contribution in [0.25, 0.3) is 0 Å². The lowest BCUT2D eigenvalue weighted by molar-refractivity contribution is 0.727. The second kappa shape index (κ2) is 6.26. The van der Waals surface area contributed by atoms with Crippen molar-refractivity contribution in [2.45, 2.75) is 29.6 Å². The number of rotatable bonds is 4. The van der Waals surface area contributed by atoms with E-state index in [-0.39, 0.29) is 6.04 Å². The smallest absolute Gasteiger partial charge is 0.193 e. The molecule has 2 heterocycles. The quantitative estimate of drug-likeness (QED) is 0.876. The summed E-state index contributed by atoms with van der Waals surface area (Å²) >= 11 is 4.79. The summed E-state index contributed by atoms with van der Waals surface area (Å²) in [6, 6.07) is 3.99. The lowest BCUT2D eigenvalue weighted by Crippen LogP contribution is -2.17. The van der Waals surface area contributed by atoms with Crippen molar-refractivity contribution in [2.24, 2.45) is 5.73 Å². The van der Waals surface area contributed by atoms with Gasteiger partial charge in [0.2, 0.25) is 0 Å². The van der Waals surface area contributed by atoms with Crippen LogP contribution in [0.5, 0.6) is 0 Å². The van der Waals surface area contributed by atoms with Crippen LogP contribution in [0.1, 0.15) is 12.5 Å². The minimum atomic E-state index is 0.125. The Kier molecular flexibility index (Phi) is 4.68. The van der Waals surface area contributed by atoms with E-state index in [1.54, 1.807) is 6.20 Å². The topological polar surface area (TPSA) is 64.7 Å². The summed E-state index contributed by atoms with van der Waals surface area (Å²) in [5.74, 6) is 0. The summed E-state index contributed by atoms with van der Waals surface area (Å²) in [5, 5.41) is 1.57. The average molecular weight is 325 g/mol. The van der Waals surface area contributed by atoms with Crippen molar-refractivity contribution in [1.29, 1.82) is 0 Å². The maximum Gasteiger partial charge on any atom is 0.193 e. The molecule has 0 spiro atoms. The average Bonchev–Trinajstić information content (AvgIpc) is 2.34. The van der Waals surface area contributed by atoms with E-state index in [9.17, 15) is 0 Å². The molecule has 94 valence electrons. The van der Waals surface area contributed by atoms with Crippen LogP contribution in [0.3, 0.4) is 0 Å². The van der Waals surface area contributed by atoms with Crippen LogP contribution in [0.4, 0.5) is 0 Å². The number of nitrogens with two attached hydrogens (primary N) is 1. The van der Waals surface area contributed by atoms with Crippen molar-refractivity contribution in [3.63, 3.8) is 0 Å². The summed E-state index contributed by atoms with van der Waals surface area (Å²) in [7, 11) is 0. The van der Waals surface area contributed by atoms with Crippen molar-refractivity contribution in [3.05, 3.63) is 40.8 Å². The molecule has 2 aromatic heterocycles. The molecule has 0 bridgehead atoms. The molecule has 0 aliphatic heterocycles. The second-order valence-corrected chi connectivity index (χ2v) is 5.88. The summed E-state index contributed by atoms with van der Waals surface area (Å²) < 4.78 is 0.958. The van der Waals surface area contributed by atoms with Gasteiger partial charge in [-0.3, -0.25) is 0 Å². The fourth-order valence-corrected chi connectivity index (χ4v) is 2.26. The molecule has 0 aliphatic rings. The normalized spacial score (nSPS) is 12.4. The highest BCUT2D eigenvalue weighted by atomic mass is 79.9. The first-order valence-electron chi connectivity index (χ1n) is 5.49. The van der Waals surface area contributed by atoms with Gasteiger partial charge in [0.15, 0.2) is 5.16 Å². The third kappa shape index (κ3) is 4.04. The summed E-state index contributed by atoms with van der Waals surface area (Å²) in [6.07, 6.45) is 6.18. The van der Waals surface area contributed by atoms with Crippen LogP contribution < -0.4 is 5.73 Å². The molecule has 0 aliphatic carbocycles. The minimum Gasteiger partial charge on any atom is -0.328 e. The Bertz CT molecular complexity index is 498. The van der Waals surface area contributed by atoms with E-state index >= 15 is 0 Å². The molecule has 0 amide bonds. The van der Waals surface area contributed by atoms with E-state index in [0.29, 0.717) is 5.16 Å². The number of hydrogen-bond donors (Lipinski definition) is 1. The zero-order chi connectivity index (χ0) is 13.0. The molecule has 18 heavy (non-hydrogen) atoms. The summed E-state index contributed by atoms with van der Waals surface area (Å²) in [5.41, 5.74) is 6.78. The van der Waals surface area contributed by atoms with Crippen molar-refractivity contribution >= 4 is 27.7 Å². The maximum absolute atomic E-state index is 5.72. The predicted molar refractivity (Wildman–Crippen MR) is 75.4 cm³/mol. The Morgan fingerprint density at radius 3 is 2.50 bits per heavy atom. The molecule has 0 saturated carbocycles. The van der Waals surface area contributed by atoms with Gasteiger partial charge in [-0.1, -0.05) is 0 Å². The molecule has 0 aromatic carbocycles. The van der Waals surface area contributed by atoms with E-state index in [2.05, 4.69) is 30.9 Å². The monoisotopic (exact) mass is 324 g/mol. The van der Waals surface area contributed by atoms with Crippen LogP contribution in [0.15, 0.2) is 45.4 Å². The molecule has 1 atom stereocenters. The Balaban J connectivity index is 2.04. The van der Waals surface area contributed by atoms with Crippen LogP contribution in [-0.4, -0.2) is 21.0 Å². The van der Waals surface area contributed by atoms with Gasteiger partial charge < -0.3 is 5.73 Å². The van der Waals surface area contributed by atoms with Gasteiger partial charge >= 0.3 is 0 Å². The Labute approximate surface area is 119 Å². The SMILES string of the molecule is CC(N)Cc1cnc(Sc2ccc(Br)cn2)nc1. The molecule has 0 saturated heterocycles. The van der Waals surface area contributed by atoms with Crippen molar-refractivity contribution in [2.75, 3.05) is 0 Å². The third-order valence-corrected chi connectivity index (χ3v) is 3.45. The van der Waals surface area contributed by atoms with Crippen LogP contribution in [0, 0.1) is 0 Å². The van der Waals surface area contributed by atoms with Gasteiger partial charge in [0.1, 0.15) is 5.03 Å². The van der Waals surface area contributed by atoms with Gasteiger partial charge in [-0.25, -0.2) is 15.0 Å². The molecule has 0 fully saturated rings. The standard InChI is InChI=1S/C12H13BrN4S/c1-8(14)4-9-5-16-12(17-6-9)18-11-3-2-10(13)7-15-11/h2-3,5-8H,4,14H2,1H3.